The summed E-state index contributed by atoms with van der Waals surface area (Å²) in [6, 6.07) is 60.1. The van der Waals surface area contributed by atoms with E-state index in [0.29, 0.717) is 24.9 Å². The molecule has 8 rings (SSSR count). The summed E-state index contributed by atoms with van der Waals surface area (Å²) in [5, 5.41) is 0.363. The van der Waals surface area contributed by atoms with E-state index in [0.717, 1.165) is 33.4 Å². The molecule has 2 aliphatic heterocycles. The van der Waals surface area contributed by atoms with Crippen LogP contribution in [0, 0.1) is 0 Å². The summed E-state index contributed by atoms with van der Waals surface area (Å²) in [5.74, 6) is 0. The molecule has 0 amide bonds. The van der Waals surface area contributed by atoms with Gasteiger partial charge in [-0.2, -0.15) is 0 Å². The van der Waals surface area contributed by atoms with Crippen molar-refractivity contribution in [1.29, 1.82) is 0 Å². The molecule has 0 spiro atoms. The highest BCUT2D eigenvalue weighted by Gasteiger charge is 2.52. The van der Waals surface area contributed by atoms with Crippen LogP contribution < -0.4 is 0 Å². The molecule has 2 heterocycles. The van der Waals surface area contributed by atoms with Gasteiger partial charge in [-0.1, -0.05) is 182 Å². The summed E-state index contributed by atoms with van der Waals surface area (Å²) in [5.41, 5.74) is 5.90. The minimum absolute atomic E-state index is 0.0296. The summed E-state index contributed by atoms with van der Waals surface area (Å²) in [7, 11) is 1.61. The Labute approximate surface area is 436 Å². The second kappa shape index (κ2) is 28.9. The Kier molecular flexibility index (Phi) is 21.3. The van der Waals surface area contributed by atoms with E-state index in [-0.39, 0.29) is 46.2 Å². The number of hydrogen-bond donors (Lipinski definition) is 0. The summed E-state index contributed by atoms with van der Waals surface area (Å²) in [6.45, 7) is 7.11. The fraction of sp³-hybridized carbons (Fsp3) is 0.383. The number of hydrogen-bond acceptors (Lipinski definition) is 12. The topological polar surface area (TPSA) is 105 Å². The van der Waals surface area contributed by atoms with Crippen LogP contribution in [0.3, 0.4) is 0 Å². The first kappa shape index (κ1) is 53.9. The Morgan fingerprint density at radius 3 is 1.00 bits per heavy atom. The minimum atomic E-state index is -1.04. The van der Waals surface area contributed by atoms with Gasteiger partial charge in [-0.25, -0.2) is 0 Å². The van der Waals surface area contributed by atoms with Gasteiger partial charge in [0.15, 0.2) is 12.6 Å². The van der Waals surface area contributed by atoms with E-state index >= 15 is 0 Å². The van der Waals surface area contributed by atoms with Gasteiger partial charge in [0, 0.05) is 20.2 Å². The number of nitrogens with zero attached hydrogens (tertiary/aromatic N) is 1. The van der Waals surface area contributed by atoms with Gasteiger partial charge in [-0.3, -0.25) is 0 Å². The quantitative estimate of drug-likeness (QED) is 0.0482. The van der Waals surface area contributed by atoms with Crippen molar-refractivity contribution in [3.63, 3.8) is 0 Å². The van der Waals surface area contributed by atoms with Crippen LogP contribution in [0.2, 0.25) is 0 Å². The van der Waals surface area contributed by atoms with E-state index in [9.17, 15) is 0 Å². The Balaban J connectivity index is 1.14. The molecule has 0 bridgehead atoms. The highest BCUT2D eigenvalue weighted by molar-refractivity contribution is 7.80. The Hall–Kier alpha value is -5.39. The van der Waals surface area contributed by atoms with Crippen molar-refractivity contribution in [2.45, 2.75) is 115 Å². The van der Waals surface area contributed by atoms with Crippen LogP contribution in [0.25, 0.3) is 0 Å². The molecule has 386 valence electrons. The maximum absolute atomic E-state index is 7.08. The molecule has 10 atom stereocenters. The van der Waals surface area contributed by atoms with E-state index in [4.69, 9.17) is 64.3 Å². The Morgan fingerprint density at radius 2 is 0.671 bits per heavy atom. The highest BCUT2D eigenvalue weighted by Crippen LogP contribution is 2.35. The van der Waals surface area contributed by atoms with Gasteiger partial charge in [0.1, 0.15) is 55.4 Å². The number of thiocarbonyl (C=S) groups is 1. The van der Waals surface area contributed by atoms with Crippen LogP contribution in [0.1, 0.15) is 47.2 Å². The van der Waals surface area contributed by atoms with Gasteiger partial charge in [-0.15, -0.1) is 0 Å². The summed E-state index contributed by atoms with van der Waals surface area (Å²) >= 11 is 5.82. The molecular weight excluding hydrogens is 943 g/mol. The largest absolute Gasteiger partial charge is 0.468 e. The number of ether oxygens (including phenoxy) is 11. The average Bonchev–Trinajstić information content (AvgIpc) is 3.45. The van der Waals surface area contributed by atoms with Gasteiger partial charge >= 0.3 is 0 Å². The third kappa shape index (κ3) is 15.8. The molecule has 2 fully saturated rings. The molecular formula is C60H69NO11S. The van der Waals surface area contributed by atoms with Crippen molar-refractivity contribution in [1.82, 2.24) is 4.90 Å². The zero-order chi connectivity index (χ0) is 50.5. The van der Waals surface area contributed by atoms with Gasteiger partial charge in [-0.05, 0) is 59.4 Å². The van der Waals surface area contributed by atoms with Crippen molar-refractivity contribution in [2.24, 2.45) is 0 Å². The van der Waals surface area contributed by atoms with E-state index in [1.807, 2.05) is 201 Å². The standard InChI is InChI=1S/C60H69NO11S/c1-4-61(5-2)60(73)70-43-51-53(64-37-45-26-14-7-15-27-45)55(66-39-47-30-18-9-19-31-47)57(68-41-49-34-22-11-23-35-49)59(72-51)69-42-50-52(63-36-44-24-12-6-13-25-44)54(65-38-46-28-16-8-17-29-46)56(58(62-3)71-50)67-40-48-32-20-10-21-33-48/h6-35,50-59H,4-5,36-43H2,1-3H3/t50-,51-,52-,53-,54+,55+,56-,57-,58+,59+/m1/s1. The second-order valence-corrected chi connectivity index (χ2v) is 18.3. The molecule has 0 aliphatic carbocycles. The fourth-order valence-electron chi connectivity index (χ4n) is 9.00. The van der Waals surface area contributed by atoms with Crippen LogP contribution in [-0.2, 0) is 91.7 Å². The lowest BCUT2D eigenvalue weighted by Gasteiger charge is -2.48. The molecule has 6 aromatic rings. The molecule has 12 nitrogen and oxygen atoms in total. The maximum atomic E-state index is 7.08. The van der Waals surface area contributed by atoms with Crippen LogP contribution >= 0.6 is 12.2 Å². The molecule has 13 heteroatoms. The second-order valence-electron chi connectivity index (χ2n) is 18.0. The lowest BCUT2D eigenvalue weighted by molar-refractivity contribution is -0.350. The third-order valence-electron chi connectivity index (χ3n) is 12.9. The highest BCUT2D eigenvalue weighted by atomic mass is 32.1. The van der Waals surface area contributed by atoms with Gasteiger partial charge in [0.25, 0.3) is 5.17 Å². The van der Waals surface area contributed by atoms with Crippen molar-refractivity contribution in [3.8, 4) is 0 Å². The van der Waals surface area contributed by atoms with E-state index in [1.54, 1.807) is 7.11 Å². The van der Waals surface area contributed by atoms with E-state index < -0.39 is 61.4 Å². The average molecular weight is 1010 g/mol. The summed E-state index contributed by atoms with van der Waals surface area (Å²) < 4.78 is 75.0. The number of methoxy groups -OCH3 is 1. The van der Waals surface area contributed by atoms with Gasteiger partial charge in [0.2, 0.25) is 0 Å². The van der Waals surface area contributed by atoms with Crippen molar-refractivity contribution >= 4 is 17.4 Å². The van der Waals surface area contributed by atoms with Crippen LogP contribution in [0.5, 0.6) is 0 Å². The normalized spacial score (nSPS) is 23.9. The van der Waals surface area contributed by atoms with Crippen molar-refractivity contribution < 1.29 is 52.1 Å². The van der Waals surface area contributed by atoms with E-state index in [2.05, 4.69) is 0 Å². The molecule has 2 aliphatic rings. The first-order valence-electron chi connectivity index (χ1n) is 25.3. The lowest BCUT2D eigenvalue weighted by Crippen LogP contribution is -2.64. The predicted molar refractivity (Wildman–Crippen MR) is 282 cm³/mol. The zero-order valence-electron chi connectivity index (χ0n) is 42.0. The molecule has 0 N–H and O–H groups in total. The Bertz CT molecular complexity index is 2440. The van der Waals surface area contributed by atoms with Crippen LogP contribution in [-0.4, -0.2) is 105 Å². The molecule has 6 aromatic carbocycles. The molecule has 0 saturated carbocycles. The van der Waals surface area contributed by atoms with Gasteiger partial charge < -0.3 is 57.0 Å². The van der Waals surface area contributed by atoms with Crippen molar-refractivity contribution in [2.75, 3.05) is 33.4 Å². The van der Waals surface area contributed by atoms with Crippen molar-refractivity contribution in [3.05, 3.63) is 215 Å². The smallest absolute Gasteiger partial charge is 0.259 e. The molecule has 0 radical (unpaired) electrons. The molecule has 2 saturated heterocycles. The van der Waals surface area contributed by atoms with E-state index in [1.165, 1.54) is 0 Å². The SMILES string of the molecule is CCN(CC)C(=S)OC[C@H]1O[C@H](OC[C@H]2O[C@H](OC)[C@H](OCc3ccccc3)[C@@H](OCc3ccccc3)[C@@H]2OCc2ccccc2)[C@H](OCc2ccccc2)[C@@H](OCc2ccccc2)[C@@H]1OCc1ccccc1. The summed E-state index contributed by atoms with van der Waals surface area (Å²) in [6.07, 6.45) is -7.76. The number of rotatable bonds is 26. The molecule has 0 aromatic heterocycles. The first-order valence-corrected chi connectivity index (χ1v) is 25.7. The monoisotopic (exact) mass is 1010 g/mol. The number of benzene rings is 6. The van der Waals surface area contributed by atoms with Crippen LogP contribution in [0.15, 0.2) is 182 Å². The Morgan fingerprint density at radius 1 is 0.384 bits per heavy atom. The fourth-order valence-corrected chi connectivity index (χ4v) is 9.33. The predicted octanol–water partition coefficient (Wildman–Crippen LogP) is 10.3. The van der Waals surface area contributed by atoms with Crippen LogP contribution in [0.4, 0.5) is 0 Å². The molecule has 0 unspecified atom stereocenters. The lowest BCUT2D eigenvalue weighted by atomic mass is 9.97. The molecule has 73 heavy (non-hydrogen) atoms. The third-order valence-corrected chi connectivity index (χ3v) is 13.3. The minimum Gasteiger partial charge on any atom is -0.468 e. The zero-order valence-corrected chi connectivity index (χ0v) is 42.8. The summed E-state index contributed by atoms with van der Waals surface area (Å²) in [4.78, 5) is 1.98. The first-order chi connectivity index (χ1) is 36.0. The maximum Gasteiger partial charge on any atom is 0.259 e. The van der Waals surface area contributed by atoms with Gasteiger partial charge in [0.05, 0.1) is 46.2 Å².